The van der Waals surface area contributed by atoms with E-state index in [1.807, 2.05) is 35.2 Å². The number of piperidine rings is 1. The number of amides is 1. The summed E-state index contributed by atoms with van der Waals surface area (Å²) in [6, 6.07) is 20.6. The number of hydrogen-bond donors (Lipinski definition) is 1. The van der Waals surface area contributed by atoms with Gasteiger partial charge in [0.25, 0.3) is 11.5 Å². The van der Waals surface area contributed by atoms with E-state index in [4.69, 9.17) is 0 Å². The minimum atomic E-state index is -0.337. The standard InChI is InChI=1S/C28H29N7O2/c1-33(2)23-14-17-34(18-15-23)27(36)21-10-12-24(13-11-21)35-28(37)26(31-30-22-9-6-16-29-19-22)25(32-35)20-7-4-3-5-8-20/h3-13,16,19,23,32H,14-15,17-18H2,1-2H3. The Morgan fingerprint density at radius 2 is 1.70 bits per heavy atom. The largest absolute Gasteiger partial charge is 0.339 e. The number of aromatic amines is 1. The van der Waals surface area contributed by atoms with E-state index in [9.17, 15) is 9.59 Å². The maximum absolute atomic E-state index is 13.4. The van der Waals surface area contributed by atoms with Crippen LogP contribution in [0.1, 0.15) is 23.2 Å². The Morgan fingerprint density at radius 1 is 0.973 bits per heavy atom. The summed E-state index contributed by atoms with van der Waals surface area (Å²) in [5, 5.41) is 11.7. The molecule has 37 heavy (non-hydrogen) atoms. The Kier molecular flexibility index (Phi) is 7.04. The number of nitrogens with one attached hydrogen (secondary N) is 1. The van der Waals surface area contributed by atoms with E-state index in [1.54, 1.807) is 48.8 Å². The molecule has 0 radical (unpaired) electrons. The Hall–Kier alpha value is -4.37. The number of nitrogens with zero attached hydrogens (tertiary/aromatic N) is 6. The number of pyridine rings is 1. The number of hydrogen-bond acceptors (Lipinski definition) is 6. The average Bonchev–Trinajstić information content (AvgIpc) is 3.28. The van der Waals surface area contributed by atoms with E-state index in [0.717, 1.165) is 31.5 Å². The maximum Gasteiger partial charge on any atom is 0.299 e. The first-order valence-corrected chi connectivity index (χ1v) is 12.3. The SMILES string of the molecule is CN(C)C1CCN(C(=O)c2ccc(-n3[nH]c(-c4ccccc4)c(N=Nc4cccnc4)c3=O)cc2)CC1. The van der Waals surface area contributed by atoms with Crippen molar-refractivity contribution in [1.29, 1.82) is 0 Å². The van der Waals surface area contributed by atoms with Crippen LogP contribution in [0.5, 0.6) is 0 Å². The highest BCUT2D eigenvalue weighted by Crippen LogP contribution is 2.28. The van der Waals surface area contributed by atoms with E-state index >= 15 is 0 Å². The predicted octanol–water partition coefficient (Wildman–Crippen LogP) is 4.81. The van der Waals surface area contributed by atoms with E-state index in [0.29, 0.717) is 28.7 Å². The molecule has 1 aliphatic heterocycles. The van der Waals surface area contributed by atoms with Gasteiger partial charge in [-0.2, -0.15) is 0 Å². The smallest absolute Gasteiger partial charge is 0.299 e. The van der Waals surface area contributed by atoms with Crippen molar-refractivity contribution in [2.24, 2.45) is 10.2 Å². The van der Waals surface area contributed by atoms with Gasteiger partial charge in [0.2, 0.25) is 0 Å². The number of benzene rings is 2. The minimum absolute atomic E-state index is 0.0125. The van der Waals surface area contributed by atoms with Crippen molar-refractivity contribution in [3.05, 3.63) is 95.0 Å². The van der Waals surface area contributed by atoms with Gasteiger partial charge < -0.3 is 9.80 Å². The second kappa shape index (κ2) is 10.7. The van der Waals surface area contributed by atoms with Crippen LogP contribution in [0.2, 0.25) is 0 Å². The van der Waals surface area contributed by atoms with Crippen molar-refractivity contribution >= 4 is 17.3 Å². The predicted molar refractivity (Wildman–Crippen MR) is 143 cm³/mol. The third-order valence-electron chi connectivity index (χ3n) is 6.69. The molecule has 0 spiro atoms. The van der Waals surface area contributed by atoms with Crippen LogP contribution < -0.4 is 5.56 Å². The van der Waals surface area contributed by atoms with Gasteiger partial charge >= 0.3 is 0 Å². The van der Waals surface area contributed by atoms with Gasteiger partial charge in [-0.15, -0.1) is 10.2 Å². The van der Waals surface area contributed by atoms with Crippen molar-refractivity contribution in [2.75, 3.05) is 27.2 Å². The van der Waals surface area contributed by atoms with Crippen LogP contribution in [-0.2, 0) is 0 Å². The second-order valence-electron chi connectivity index (χ2n) is 9.29. The van der Waals surface area contributed by atoms with Gasteiger partial charge in [-0.25, -0.2) is 4.68 Å². The van der Waals surface area contributed by atoms with Crippen LogP contribution in [-0.4, -0.2) is 63.7 Å². The number of azo groups is 1. The lowest BCUT2D eigenvalue weighted by molar-refractivity contribution is 0.0663. The molecule has 9 nitrogen and oxygen atoms in total. The summed E-state index contributed by atoms with van der Waals surface area (Å²) in [7, 11) is 4.16. The molecule has 4 aromatic rings. The highest BCUT2D eigenvalue weighted by molar-refractivity contribution is 5.94. The lowest BCUT2D eigenvalue weighted by atomic mass is 10.0. The lowest BCUT2D eigenvalue weighted by Crippen LogP contribution is -2.44. The molecule has 0 bridgehead atoms. The Labute approximate surface area is 215 Å². The summed E-state index contributed by atoms with van der Waals surface area (Å²) in [5.41, 5.74) is 2.98. The first-order valence-electron chi connectivity index (χ1n) is 12.3. The Balaban J connectivity index is 1.43. The molecule has 0 atom stereocenters. The van der Waals surface area contributed by atoms with Gasteiger partial charge in [0.05, 0.1) is 17.6 Å². The molecule has 1 amide bonds. The fraction of sp³-hybridized carbons (Fsp3) is 0.250. The maximum atomic E-state index is 13.4. The number of likely N-dealkylation sites (tertiary alicyclic amines) is 1. The highest BCUT2D eigenvalue weighted by atomic mass is 16.2. The van der Waals surface area contributed by atoms with Gasteiger partial charge in [-0.1, -0.05) is 30.3 Å². The fourth-order valence-corrected chi connectivity index (χ4v) is 4.55. The molecule has 3 heterocycles. The quantitative estimate of drug-likeness (QED) is 0.388. The Morgan fingerprint density at radius 3 is 2.35 bits per heavy atom. The van der Waals surface area contributed by atoms with Gasteiger partial charge in [-0.05, 0) is 63.3 Å². The van der Waals surface area contributed by atoms with Gasteiger partial charge in [0.1, 0.15) is 5.69 Å². The Bertz CT molecular complexity index is 1430. The molecule has 0 unspecified atom stereocenters. The molecule has 5 rings (SSSR count). The molecular weight excluding hydrogens is 466 g/mol. The van der Waals surface area contributed by atoms with Crippen molar-refractivity contribution in [3.63, 3.8) is 0 Å². The van der Waals surface area contributed by atoms with E-state index in [-0.39, 0.29) is 17.2 Å². The summed E-state index contributed by atoms with van der Waals surface area (Å²) < 4.78 is 1.43. The molecule has 0 saturated carbocycles. The van der Waals surface area contributed by atoms with Crippen LogP contribution in [0, 0.1) is 0 Å². The first kappa shape index (κ1) is 24.3. The third kappa shape index (κ3) is 5.26. The molecule has 2 aromatic heterocycles. The van der Waals surface area contributed by atoms with Crippen LogP contribution in [0.25, 0.3) is 16.9 Å². The van der Waals surface area contributed by atoms with Crippen LogP contribution in [0.3, 0.4) is 0 Å². The summed E-state index contributed by atoms with van der Waals surface area (Å²) in [5.74, 6) is 0.0125. The number of carbonyl (C=O) groups is 1. The zero-order valence-corrected chi connectivity index (χ0v) is 20.9. The average molecular weight is 496 g/mol. The third-order valence-corrected chi connectivity index (χ3v) is 6.69. The van der Waals surface area contributed by atoms with Crippen molar-refractivity contribution < 1.29 is 4.79 Å². The second-order valence-corrected chi connectivity index (χ2v) is 9.29. The van der Waals surface area contributed by atoms with Crippen LogP contribution in [0.15, 0.2) is 94.1 Å². The van der Waals surface area contributed by atoms with Crippen LogP contribution >= 0.6 is 0 Å². The zero-order chi connectivity index (χ0) is 25.8. The minimum Gasteiger partial charge on any atom is -0.339 e. The number of rotatable bonds is 6. The zero-order valence-electron chi connectivity index (χ0n) is 20.9. The van der Waals surface area contributed by atoms with Crippen molar-refractivity contribution in [1.82, 2.24) is 24.6 Å². The van der Waals surface area contributed by atoms with Gasteiger partial charge in [0.15, 0.2) is 5.69 Å². The van der Waals surface area contributed by atoms with E-state index in [1.165, 1.54) is 4.68 Å². The van der Waals surface area contributed by atoms with E-state index < -0.39 is 0 Å². The normalized spacial score (nSPS) is 14.5. The summed E-state index contributed by atoms with van der Waals surface area (Å²) in [4.78, 5) is 34.6. The summed E-state index contributed by atoms with van der Waals surface area (Å²) in [6.07, 6.45) is 5.16. The molecule has 0 aliphatic carbocycles. The highest BCUT2D eigenvalue weighted by Gasteiger charge is 2.25. The monoisotopic (exact) mass is 495 g/mol. The van der Waals surface area contributed by atoms with Crippen LogP contribution in [0.4, 0.5) is 11.4 Å². The number of carbonyl (C=O) groups excluding carboxylic acids is 1. The molecule has 2 aromatic carbocycles. The lowest BCUT2D eigenvalue weighted by Gasteiger charge is -2.35. The first-order chi connectivity index (χ1) is 18.0. The fourth-order valence-electron chi connectivity index (χ4n) is 4.55. The summed E-state index contributed by atoms with van der Waals surface area (Å²) >= 11 is 0. The number of aromatic nitrogens is 3. The van der Waals surface area contributed by atoms with E-state index in [2.05, 4.69) is 39.3 Å². The molecular formula is C28H29N7O2. The molecule has 9 heteroatoms. The summed E-state index contributed by atoms with van der Waals surface area (Å²) in [6.45, 7) is 1.48. The van der Waals surface area contributed by atoms with Crippen molar-refractivity contribution in [2.45, 2.75) is 18.9 Å². The molecule has 1 saturated heterocycles. The molecule has 1 aliphatic rings. The topological polar surface area (TPSA) is 98.9 Å². The molecule has 188 valence electrons. The molecule has 1 N–H and O–H groups in total. The van der Waals surface area contributed by atoms with Crippen molar-refractivity contribution in [3.8, 4) is 16.9 Å². The van der Waals surface area contributed by atoms with Gasteiger partial charge in [-0.3, -0.25) is 19.7 Å². The van der Waals surface area contributed by atoms with Gasteiger partial charge in [0, 0.05) is 36.5 Å². The number of H-pyrrole nitrogens is 1. The molecule has 1 fully saturated rings.